The van der Waals surface area contributed by atoms with Crippen LogP contribution in [0.15, 0.2) is 78.2 Å². The summed E-state index contributed by atoms with van der Waals surface area (Å²) in [6, 6.07) is 21.6. The maximum absolute atomic E-state index is 12.3. The molecule has 7 nitrogen and oxygen atoms in total. The number of halogens is 1. The van der Waals surface area contributed by atoms with Crippen LogP contribution in [0, 0.1) is 11.3 Å². The topological polar surface area (TPSA) is 104 Å². The SMILES string of the molecule is CCCCOc1cccc(C2C(C#N)=C(N)Oc3cc(OC(=O)COc4ccccc4Cl)ccc32)c1. The molecule has 1 aliphatic heterocycles. The zero-order chi connectivity index (χ0) is 25.5. The maximum atomic E-state index is 12.3. The Hall–Kier alpha value is -4.15. The fourth-order valence-electron chi connectivity index (χ4n) is 3.82. The number of fused-ring (bicyclic) bond motifs is 1. The number of unbranched alkanes of at least 4 members (excludes halogenated alkanes) is 1. The van der Waals surface area contributed by atoms with Crippen LogP contribution in [0.2, 0.25) is 5.02 Å². The van der Waals surface area contributed by atoms with Gasteiger partial charge in [-0.1, -0.05) is 55.3 Å². The van der Waals surface area contributed by atoms with E-state index in [0.29, 0.717) is 34.5 Å². The lowest BCUT2D eigenvalue weighted by Crippen LogP contribution is -2.21. The third kappa shape index (κ3) is 5.73. The van der Waals surface area contributed by atoms with E-state index in [1.54, 1.807) is 42.5 Å². The summed E-state index contributed by atoms with van der Waals surface area (Å²) in [6.45, 7) is 2.39. The quantitative estimate of drug-likeness (QED) is 0.226. The molecule has 184 valence electrons. The molecule has 0 fully saturated rings. The van der Waals surface area contributed by atoms with Crippen molar-refractivity contribution in [2.24, 2.45) is 5.73 Å². The molecule has 0 saturated heterocycles. The molecule has 0 amide bonds. The lowest BCUT2D eigenvalue weighted by atomic mass is 9.83. The van der Waals surface area contributed by atoms with Crippen molar-refractivity contribution in [2.45, 2.75) is 25.7 Å². The van der Waals surface area contributed by atoms with Gasteiger partial charge in [0.25, 0.3) is 0 Å². The van der Waals surface area contributed by atoms with Crippen LogP contribution in [-0.2, 0) is 4.79 Å². The molecule has 1 aliphatic rings. The van der Waals surface area contributed by atoms with Gasteiger partial charge in [-0.25, -0.2) is 4.79 Å². The van der Waals surface area contributed by atoms with Gasteiger partial charge in [0.15, 0.2) is 6.61 Å². The fourth-order valence-corrected chi connectivity index (χ4v) is 4.01. The minimum absolute atomic E-state index is 0.00201. The molecule has 0 aromatic heterocycles. The molecular formula is C28H25ClN2O5. The van der Waals surface area contributed by atoms with Gasteiger partial charge in [0, 0.05) is 11.6 Å². The highest BCUT2D eigenvalue weighted by molar-refractivity contribution is 6.32. The van der Waals surface area contributed by atoms with E-state index in [-0.39, 0.29) is 18.2 Å². The van der Waals surface area contributed by atoms with Crippen molar-refractivity contribution in [3.05, 3.63) is 94.3 Å². The Labute approximate surface area is 214 Å². The molecule has 4 rings (SSSR count). The summed E-state index contributed by atoms with van der Waals surface area (Å²) in [6.07, 6.45) is 1.98. The van der Waals surface area contributed by atoms with Crippen LogP contribution in [0.25, 0.3) is 0 Å². The maximum Gasteiger partial charge on any atom is 0.349 e. The van der Waals surface area contributed by atoms with Gasteiger partial charge >= 0.3 is 5.97 Å². The van der Waals surface area contributed by atoms with E-state index in [4.69, 9.17) is 36.3 Å². The first-order valence-electron chi connectivity index (χ1n) is 11.5. The average Bonchev–Trinajstić information content (AvgIpc) is 2.87. The Morgan fingerprint density at radius 2 is 1.92 bits per heavy atom. The molecule has 2 N–H and O–H groups in total. The lowest BCUT2D eigenvalue weighted by Gasteiger charge is -2.27. The van der Waals surface area contributed by atoms with Crippen molar-refractivity contribution in [3.63, 3.8) is 0 Å². The van der Waals surface area contributed by atoms with Crippen molar-refractivity contribution in [1.29, 1.82) is 5.26 Å². The van der Waals surface area contributed by atoms with E-state index < -0.39 is 11.9 Å². The summed E-state index contributed by atoms with van der Waals surface area (Å²) >= 11 is 6.05. The number of nitrogens with zero attached hydrogens (tertiary/aromatic N) is 1. The number of rotatable bonds is 9. The Kier molecular flexibility index (Phi) is 7.99. The van der Waals surface area contributed by atoms with E-state index in [2.05, 4.69) is 13.0 Å². The van der Waals surface area contributed by atoms with Gasteiger partial charge in [0.2, 0.25) is 5.88 Å². The molecule has 0 spiro atoms. The van der Waals surface area contributed by atoms with Crippen LogP contribution in [-0.4, -0.2) is 19.2 Å². The number of allylic oxidation sites excluding steroid dienone is 1. The molecule has 3 aromatic carbocycles. The first-order chi connectivity index (χ1) is 17.5. The number of carbonyl (C=O) groups excluding carboxylic acids is 1. The van der Waals surface area contributed by atoms with Crippen LogP contribution in [0.1, 0.15) is 36.8 Å². The van der Waals surface area contributed by atoms with Gasteiger partial charge in [0.1, 0.15) is 34.6 Å². The largest absolute Gasteiger partial charge is 0.494 e. The molecular weight excluding hydrogens is 480 g/mol. The van der Waals surface area contributed by atoms with Crippen molar-refractivity contribution < 1.29 is 23.7 Å². The monoisotopic (exact) mass is 504 g/mol. The van der Waals surface area contributed by atoms with E-state index in [1.807, 2.05) is 24.3 Å². The van der Waals surface area contributed by atoms with E-state index in [0.717, 1.165) is 24.0 Å². The predicted octanol–water partition coefficient (Wildman–Crippen LogP) is 5.72. The van der Waals surface area contributed by atoms with Gasteiger partial charge < -0.3 is 24.7 Å². The zero-order valence-electron chi connectivity index (χ0n) is 19.7. The van der Waals surface area contributed by atoms with E-state index >= 15 is 0 Å². The molecule has 1 unspecified atom stereocenters. The number of nitrogens with two attached hydrogens (primary N) is 1. The van der Waals surface area contributed by atoms with Crippen LogP contribution in [0.3, 0.4) is 0 Å². The Bertz CT molecular complexity index is 1330. The number of esters is 1. The summed E-state index contributed by atoms with van der Waals surface area (Å²) in [5, 5.41) is 10.2. The van der Waals surface area contributed by atoms with Gasteiger partial charge in [-0.3, -0.25) is 0 Å². The van der Waals surface area contributed by atoms with Gasteiger partial charge in [-0.05, 0) is 42.3 Å². The molecule has 1 heterocycles. The van der Waals surface area contributed by atoms with Gasteiger partial charge in [0.05, 0.1) is 17.5 Å². The van der Waals surface area contributed by atoms with Crippen molar-refractivity contribution in [1.82, 2.24) is 0 Å². The summed E-state index contributed by atoms with van der Waals surface area (Å²) in [7, 11) is 0. The number of carbonyl (C=O) groups is 1. The molecule has 8 heteroatoms. The Morgan fingerprint density at radius 3 is 2.69 bits per heavy atom. The number of nitriles is 1. The fraction of sp³-hybridized carbons (Fsp3) is 0.214. The molecule has 0 aliphatic carbocycles. The van der Waals surface area contributed by atoms with Crippen LogP contribution >= 0.6 is 11.6 Å². The second-order valence-electron chi connectivity index (χ2n) is 8.09. The third-order valence-electron chi connectivity index (χ3n) is 5.56. The predicted molar refractivity (Wildman–Crippen MR) is 135 cm³/mol. The summed E-state index contributed by atoms with van der Waals surface area (Å²) in [4.78, 5) is 12.3. The van der Waals surface area contributed by atoms with E-state index in [1.165, 1.54) is 0 Å². The Morgan fingerprint density at radius 1 is 1.08 bits per heavy atom. The highest BCUT2D eigenvalue weighted by atomic mass is 35.5. The number of para-hydroxylation sites is 1. The smallest absolute Gasteiger partial charge is 0.349 e. The molecule has 1 atom stereocenters. The van der Waals surface area contributed by atoms with Crippen LogP contribution < -0.4 is 24.7 Å². The molecule has 0 saturated carbocycles. The second kappa shape index (κ2) is 11.5. The van der Waals surface area contributed by atoms with Gasteiger partial charge in [-0.2, -0.15) is 5.26 Å². The van der Waals surface area contributed by atoms with Crippen LogP contribution in [0.4, 0.5) is 0 Å². The number of hydrogen-bond donors (Lipinski definition) is 1. The lowest BCUT2D eigenvalue weighted by molar-refractivity contribution is -0.136. The minimum Gasteiger partial charge on any atom is -0.494 e. The summed E-state index contributed by atoms with van der Waals surface area (Å²) < 4.78 is 22.4. The normalized spacial score (nSPS) is 14.3. The highest BCUT2D eigenvalue weighted by Gasteiger charge is 2.31. The first-order valence-corrected chi connectivity index (χ1v) is 11.9. The molecule has 3 aromatic rings. The number of ether oxygens (including phenoxy) is 4. The molecule has 0 bridgehead atoms. The average molecular weight is 505 g/mol. The van der Waals surface area contributed by atoms with Crippen molar-refractivity contribution >= 4 is 17.6 Å². The molecule has 0 radical (unpaired) electrons. The third-order valence-corrected chi connectivity index (χ3v) is 5.87. The second-order valence-corrected chi connectivity index (χ2v) is 8.50. The van der Waals surface area contributed by atoms with Crippen molar-refractivity contribution in [2.75, 3.05) is 13.2 Å². The van der Waals surface area contributed by atoms with Crippen LogP contribution in [0.5, 0.6) is 23.0 Å². The molecule has 36 heavy (non-hydrogen) atoms. The zero-order valence-corrected chi connectivity index (χ0v) is 20.5. The Balaban J connectivity index is 1.54. The van der Waals surface area contributed by atoms with E-state index in [9.17, 15) is 10.1 Å². The summed E-state index contributed by atoms with van der Waals surface area (Å²) in [5.41, 5.74) is 7.97. The standard InChI is InChI=1S/C28H25ClN2O5/c1-2-3-13-33-19-8-6-7-18(14-19)27-21-12-11-20(15-25(21)36-28(31)22(27)16-30)35-26(32)17-34-24-10-5-4-9-23(24)29/h4-12,14-15,27H,2-3,13,17,31H2,1H3. The first kappa shape index (κ1) is 25.0. The summed E-state index contributed by atoms with van der Waals surface area (Å²) in [5.74, 6) is 0.681. The number of hydrogen-bond acceptors (Lipinski definition) is 7. The van der Waals surface area contributed by atoms with Crippen molar-refractivity contribution in [3.8, 4) is 29.1 Å². The minimum atomic E-state index is -0.611. The highest BCUT2D eigenvalue weighted by Crippen LogP contribution is 2.44. The van der Waals surface area contributed by atoms with Gasteiger partial charge in [-0.15, -0.1) is 0 Å². The number of benzene rings is 3.